The minimum absolute atomic E-state index is 0.164. The number of nitrogens with zero attached hydrogens (tertiary/aromatic N) is 1. The van der Waals surface area contributed by atoms with Crippen LogP contribution in [0.2, 0.25) is 0 Å². The van der Waals surface area contributed by atoms with E-state index in [1.807, 2.05) is 48.5 Å². The molecule has 0 aliphatic carbocycles. The van der Waals surface area contributed by atoms with Crippen LogP contribution in [0.25, 0.3) is 0 Å². The summed E-state index contributed by atoms with van der Waals surface area (Å²) in [6.07, 6.45) is 0.573. The molecule has 1 unspecified atom stereocenters. The number of carbonyl (C=O) groups is 2. The highest BCUT2D eigenvalue weighted by molar-refractivity contribution is 5.89. The molecule has 0 heterocycles. The molecule has 3 aromatic carbocycles. The van der Waals surface area contributed by atoms with E-state index in [2.05, 4.69) is 5.32 Å². The fourth-order valence-electron chi connectivity index (χ4n) is 3.99. The normalized spacial score (nSPS) is 11.6. The molecule has 0 fully saturated rings. The smallest absolute Gasteiger partial charge is 0.247 e. The molecule has 36 heavy (non-hydrogen) atoms. The lowest BCUT2D eigenvalue weighted by atomic mass is 10.0. The number of methoxy groups -OCH3 is 2. The van der Waals surface area contributed by atoms with Crippen LogP contribution in [0, 0.1) is 11.7 Å². The van der Waals surface area contributed by atoms with Crippen molar-refractivity contribution >= 4 is 11.8 Å². The zero-order valence-electron chi connectivity index (χ0n) is 21.2. The largest absolute Gasteiger partial charge is 0.493 e. The Morgan fingerprint density at radius 1 is 0.889 bits per heavy atom. The molecule has 0 radical (unpaired) electrons. The SMILES string of the molecule is COc1ccc(CCNC(=O)C(c2ccccc2)N(Cc2ccc(F)cc2)C(=O)C(C)C)cc1OC. The Balaban J connectivity index is 1.83. The van der Waals surface area contributed by atoms with Gasteiger partial charge in [-0.05, 0) is 47.4 Å². The van der Waals surface area contributed by atoms with Gasteiger partial charge in [-0.1, -0.05) is 62.4 Å². The van der Waals surface area contributed by atoms with Crippen LogP contribution in [0.5, 0.6) is 11.5 Å². The molecule has 7 heteroatoms. The standard InChI is InChI=1S/C29H33FN2O4/c1-20(2)29(34)32(19-22-10-13-24(30)14-11-22)27(23-8-6-5-7-9-23)28(33)31-17-16-21-12-15-25(35-3)26(18-21)36-4/h5-15,18,20,27H,16-17,19H2,1-4H3,(H,31,33). The van der Waals surface area contributed by atoms with Crippen molar-refractivity contribution < 1.29 is 23.5 Å². The first-order chi connectivity index (χ1) is 17.3. The summed E-state index contributed by atoms with van der Waals surface area (Å²) in [6.45, 7) is 4.16. The molecule has 0 bridgehead atoms. The first kappa shape index (κ1) is 26.7. The van der Waals surface area contributed by atoms with Crippen molar-refractivity contribution in [3.8, 4) is 11.5 Å². The van der Waals surface area contributed by atoms with Gasteiger partial charge in [-0.15, -0.1) is 0 Å². The maximum Gasteiger partial charge on any atom is 0.247 e. The first-order valence-electron chi connectivity index (χ1n) is 11.9. The number of rotatable bonds is 11. The Morgan fingerprint density at radius 3 is 2.14 bits per heavy atom. The van der Waals surface area contributed by atoms with Crippen molar-refractivity contribution in [1.29, 1.82) is 0 Å². The predicted molar refractivity (Wildman–Crippen MR) is 137 cm³/mol. The maximum atomic E-state index is 13.6. The van der Waals surface area contributed by atoms with Gasteiger partial charge in [0.05, 0.1) is 14.2 Å². The molecule has 0 spiro atoms. The molecule has 3 aromatic rings. The van der Waals surface area contributed by atoms with Crippen molar-refractivity contribution in [3.05, 3.63) is 95.3 Å². The van der Waals surface area contributed by atoms with E-state index in [1.165, 1.54) is 12.1 Å². The van der Waals surface area contributed by atoms with Crippen LogP contribution in [0.3, 0.4) is 0 Å². The molecule has 0 saturated carbocycles. The number of amides is 2. The second kappa shape index (κ2) is 12.7. The summed E-state index contributed by atoms with van der Waals surface area (Å²) in [7, 11) is 3.16. The first-order valence-corrected chi connectivity index (χ1v) is 11.9. The number of carbonyl (C=O) groups excluding carboxylic acids is 2. The fraction of sp³-hybridized carbons (Fsp3) is 0.310. The quantitative estimate of drug-likeness (QED) is 0.412. The highest BCUT2D eigenvalue weighted by Crippen LogP contribution is 2.28. The number of benzene rings is 3. The third kappa shape index (κ3) is 6.84. The van der Waals surface area contributed by atoms with Gasteiger partial charge in [0.1, 0.15) is 11.9 Å². The van der Waals surface area contributed by atoms with Crippen molar-refractivity contribution in [2.45, 2.75) is 32.9 Å². The molecule has 0 saturated heterocycles. The number of halogens is 1. The lowest BCUT2D eigenvalue weighted by Crippen LogP contribution is -2.45. The van der Waals surface area contributed by atoms with Crippen molar-refractivity contribution in [1.82, 2.24) is 10.2 Å². The lowest BCUT2D eigenvalue weighted by molar-refractivity contribution is -0.144. The zero-order chi connectivity index (χ0) is 26.1. The van der Waals surface area contributed by atoms with E-state index >= 15 is 0 Å². The molecular formula is C29H33FN2O4. The van der Waals surface area contributed by atoms with E-state index < -0.39 is 6.04 Å². The van der Waals surface area contributed by atoms with Crippen LogP contribution in [0.15, 0.2) is 72.8 Å². The highest BCUT2D eigenvalue weighted by Gasteiger charge is 2.32. The number of hydrogen-bond donors (Lipinski definition) is 1. The van der Waals surface area contributed by atoms with Crippen LogP contribution in [-0.4, -0.2) is 37.5 Å². The topological polar surface area (TPSA) is 67.9 Å². The molecule has 190 valence electrons. The Hall–Kier alpha value is -3.87. The van der Waals surface area contributed by atoms with E-state index in [-0.39, 0.29) is 30.1 Å². The summed E-state index contributed by atoms with van der Waals surface area (Å²) in [5, 5.41) is 3.00. The van der Waals surface area contributed by atoms with Gasteiger partial charge in [-0.25, -0.2) is 4.39 Å². The summed E-state index contributed by atoms with van der Waals surface area (Å²) in [4.78, 5) is 28.4. The summed E-state index contributed by atoms with van der Waals surface area (Å²) in [6, 6.07) is 20.0. The zero-order valence-corrected chi connectivity index (χ0v) is 21.2. The average Bonchev–Trinajstić information content (AvgIpc) is 2.89. The Labute approximate surface area is 212 Å². The number of nitrogens with one attached hydrogen (secondary N) is 1. The Bertz CT molecular complexity index is 1150. The summed E-state index contributed by atoms with van der Waals surface area (Å²) in [5.74, 6) is 0.139. The fourth-order valence-corrected chi connectivity index (χ4v) is 3.99. The van der Waals surface area contributed by atoms with Gasteiger partial charge < -0.3 is 19.7 Å². The summed E-state index contributed by atoms with van der Waals surface area (Å²) < 4.78 is 24.1. The van der Waals surface area contributed by atoms with Crippen LogP contribution >= 0.6 is 0 Å². The second-order valence-electron chi connectivity index (χ2n) is 8.79. The number of ether oxygens (including phenoxy) is 2. The van der Waals surface area contributed by atoms with Crippen LogP contribution in [0.1, 0.15) is 36.6 Å². The summed E-state index contributed by atoms with van der Waals surface area (Å²) in [5.41, 5.74) is 2.42. The van der Waals surface area contributed by atoms with E-state index in [0.29, 0.717) is 30.0 Å². The molecule has 0 aromatic heterocycles. The average molecular weight is 493 g/mol. The predicted octanol–water partition coefficient (Wildman–Crippen LogP) is 4.93. The minimum atomic E-state index is -0.837. The van der Waals surface area contributed by atoms with Crippen molar-refractivity contribution in [2.24, 2.45) is 5.92 Å². The minimum Gasteiger partial charge on any atom is -0.493 e. The highest BCUT2D eigenvalue weighted by atomic mass is 19.1. The molecule has 0 aliphatic heterocycles. The van der Waals surface area contributed by atoms with Crippen LogP contribution < -0.4 is 14.8 Å². The Kier molecular flexibility index (Phi) is 9.45. The van der Waals surface area contributed by atoms with Gasteiger partial charge in [-0.3, -0.25) is 9.59 Å². The van der Waals surface area contributed by atoms with E-state index in [0.717, 1.165) is 11.1 Å². The van der Waals surface area contributed by atoms with Crippen molar-refractivity contribution in [2.75, 3.05) is 20.8 Å². The molecule has 1 atom stereocenters. The third-order valence-electron chi connectivity index (χ3n) is 5.88. The molecular weight excluding hydrogens is 459 g/mol. The number of hydrogen-bond acceptors (Lipinski definition) is 4. The van der Waals surface area contributed by atoms with Gasteiger partial charge in [0.15, 0.2) is 11.5 Å². The molecule has 6 nitrogen and oxygen atoms in total. The van der Waals surface area contributed by atoms with Gasteiger partial charge in [-0.2, -0.15) is 0 Å². The van der Waals surface area contributed by atoms with Gasteiger partial charge in [0, 0.05) is 19.0 Å². The molecule has 1 N–H and O–H groups in total. The second-order valence-corrected chi connectivity index (χ2v) is 8.79. The van der Waals surface area contributed by atoms with Crippen molar-refractivity contribution in [3.63, 3.8) is 0 Å². The molecule has 2 amide bonds. The van der Waals surface area contributed by atoms with Gasteiger partial charge in [0.25, 0.3) is 0 Å². The maximum absolute atomic E-state index is 13.6. The van der Waals surface area contributed by atoms with E-state index in [9.17, 15) is 14.0 Å². The monoisotopic (exact) mass is 492 g/mol. The van der Waals surface area contributed by atoms with E-state index in [4.69, 9.17) is 9.47 Å². The van der Waals surface area contributed by atoms with Crippen LogP contribution in [0.4, 0.5) is 4.39 Å². The van der Waals surface area contributed by atoms with Crippen LogP contribution in [-0.2, 0) is 22.6 Å². The molecule has 3 rings (SSSR count). The Morgan fingerprint density at radius 2 is 1.53 bits per heavy atom. The summed E-state index contributed by atoms with van der Waals surface area (Å²) >= 11 is 0. The molecule has 0 aliphatic rings. The van der Waals surface area contributed by atoms with Gasteiger partial charge >= 0.3 is 0 Å². The van der Waals surface area contributed by atoms with Gasteiger partial charge in [0.2, 0.25) is 11.8 Å². The third-order valence-corrected chi connectivity index (χ3v) is 5.88. The van der Waals surface area contributed by atoms with E-state index in [1.54, 1.807) is 45.1 Å². The lowest BCUT2D eigenvalue weighted by Gasteiger charge is -2.33.